The Morgan fingerprint density at radius 2 is 1.52 bits per heavy atom. The van der Waals surface area contributed by atoms with Crippen LogP contribution in [0.2, 0.25) is 0 Å². The number of carbonyl (C=O) groups excluding carboxylic acids is 1. The molecule has 0 aliphatic heterocycles. The number of pyridine rings is 1. The van der Waals surface area contributed by atoms with Crippen LogP contribution in [0.1, 0.15) is 10.4 Å². The molecule has 2 rings (SSSR count). The van der Waals surface area contributed by atoms with Crippen LogP contribution < -0.4 is 11.5 Å². The summed E-state index contributed by atoms with van der Waals surface area (Å²) in [6.45, 7) is -0.0979. The van der Waals surface area contributed by atoms with Gasteiger partial charge < -0.3 is 21.3 Å². The lowest BCUT2D eigenvalue weighted by Crippen LogP contribution is -2.18. The molecule has 6 nitrogen and oxygen atoms in total. The first-order chi connectivity index (χ1) is 10.9. The van der Waals surface area contributed by atoms with Crippen molar-refractivity contribution in [1.82, 2.24) is 4.98 Å². The average molecular weight is 351 g/mol. The number of Topliss-reactive ketones (excluding diaryl/α,β-unsaturated/α-hetero) is 1. The summed E-state index contributed by atoms with van der Waals surface area (Å²) in [5, 5.41) is 6.96. The van der Waals surface area contributed by atoms with Gasteiger partial charge in [-0.15, -0.1) is 0 Å². The third-order valence-electron chi connectivity index (χ3n) is 2.01. The molecular formula is C15H17N3O3S2. The molecule has 0 fully saturated rings. The van der Waals surface area contributed by atoms with Gasteiger partial charge in [-0.2, -0.15) is 0 Å². The average Bonchev–Trinajstić information content (AvgIpc) is 2.55. The number of thiocarbonyl (C=S) groups is 2. The molecule has 0 saturated heterocycles. The van der Waals surface area contributed by atoms with Crippen LogP contribution in [-0.2, 0) is 4.74 Å². The standard InChI is InChI=1S/C9H9NO2S.C5H5N.CH3NOS/c10-9(13)12-6-8(11)7-4-2-1-3-5-7;1-2-4-6-5-3-1;2-1(3)4/h1-5H,6H2,(H2,10,13);1-5H;(H3,2,3,4). The summed E-state index contributed by atoms with van der Waals surface area (Å²) in [7, 11) is 0. The third-order valence-corrected chi connectivity index (χ3v) is 2.13. The molecule has 5 N–H and O–H groups in total. The van der Waals surface area contributed by atoms with Crippen molar-refractivity contribution < 1.29 is 14.6 Å². The first kappa shape index (κ1) is 20.4. The minimum absolute atomic E-state index is 0.0979. The van der Waals surface area contributed by atoms with Gasteiger partial charge in [-0.05, 0) is 36.6 Å². The second-order valence-electron chi connectivity index (χ2n) is 3.76. The van der Waals surface area contributed by atoms with Crippen LogP contribution in [0.25, 0.3) is 0 Å². The summed E-state index contributed by atoms with van der Waals surface area (Å²) < 4.78 is 4.72. The van der Waals surface area contributed by atoms with Crippen molar-refractivity contribution in [3.8, 4) is 0 Å². The highest BCUT2D eigenvalue weighted by Crippen LogP contribution is 1.99. The number of ketones is 1. The molecule has 0 amide bonds. The molecule has 8 heteroatoms. The highest BCUT2D eigenvalue weighted by atomic mass is 32.1. The SMILES string of the molecule is NC(=S)OCC(=O)c1ccccc1.NC(O)=S.c1ccncc1. The summed E-state index contributed by atoms with van der Waals surface area (Å²) in [6, 6.07) is 14.6. The Labute approximate surface area is 145 Å². The fourth-order valence-corrected chi connectivity index (χ4v) is 1.22. The molecule has 2 aromatic rings. The molecule has 122 valence electrons. The Kier molecular flexibility index (Phi) is 11.6. The molecule has 0 spiro atoms. The van der Waals surface area contributed by atoms with E-state index in [1.54, 1.807) is 36.7 Å². The Morgan fingerprint density at radius 3 is 1.87 bits per heavy atom. The maximum absolute atomic E-state index is 11.3. The first-order valence-electron chi connectivity index (χ1n) is 6.27. The van der Waals surface area contributed by atoms with Crippen LogP contribution >= 0.6 is 24.4 Å². The fraction of sp³-hybridized carbons (Fsp3) is 0.0667. The van der Waals surface area contributed by atoms with Crippen LogP contribution in [0.15, 0.2) is 60.9 Å². The van der Waals surface area contributed by atoms with E-state index in [0.717, 1.165) is 0 Å². The van der Waals surface area contributed by atoms with Crippen LogP contribution in [0.5, 0.6) is 0 Å². The number of benzene rings is 1. The Balaban J connectivity index is 0.000000398. The lowest BCUT2D eigenvalue weighted by Gasteiger charge is -2.01. The molecule has 1 aromatic carbocycles. The zero-order chi connectivity index (χ0) is 17.5. The van der Waals surface area contributed by atoms with E-state index in [0.29, 0.717) is 5.56 Å². The predicted molar refractivity (Wildman–Crippen MR) is 97.2 cm³/mol. The van der Waals surface area contributed by atoms with Crippen molar-refractivity contribution in [3.05, 3.63) is 66.5 Å². The number of nitrogens with zero attached hydrogens (tertiary/aromatic N) is 1. The van der Waals surface area contributed by atoms with E-state index < -0.39 is 5.17 Å². The maximum atomic E-state index is 11.3. The van der Waals surface area contributed by atoms with Crippen molar-refractivity contribution in [2.75, 3.05) is 6.61 Å². The Hall–Kier alpha value is -2.58. The number of rotatable bonds is 3. The fourth-order valence-electron chi connectivity index (χ4n) is 1.16. The number of ether oxygens (including phenoxy) is 1. The van der Waals surface area contributed by atoms with Crippen molar-refractivity contribution in [3.63, 3.8) is 0 Å². The Bertz CT molecular complexity index is 565. The second kappa shape index (κ2) is 13.1. The van der Waals surface area contributed by atoms with Crippen LogP contribution in [0, 0.1) is 0 Å². The van der Waals surface area contributed by atoms with Gasteiger partial charge in [0.2, 0.25) is 0 Å². The Morgan fingerprint density at radius 1 is 1.04 bits per heavy atom. The minimum atomic E-state index is -0.500. The molecule has 0 aliphatic carbocycles. The largest absolute Gasteiger partial charge is 0.487 e. The van der Waals surface area contributed by atoms with Gasteiger partial charge in [0.05, 0.1) is 0 Å². The number of aliphatic hydroxyl groups excluding tert-OH is 1. The number of aliphatic hydroxyl groups is 1. The number of hydrogen-bond acceptors (Lipinski definition) is 5. The number of aromatic nitrogens is 1. The molecule has 23 heavy (non-hydrogen) atoms. The quantitative estimate of drug-likeness (QED) is 0.569. The molecule has 0 unspecified atom stereocenters. The van der Waals surface area contributed by atoms with E-state index in [1.807, 2.05) is 24.3 Å². The molecule has 0 saturated carbocycles. The summed E-state index contributed by atoms with van der Waals surface area (Å²) in [5.74, 6) is -0.131. The van der Waals surface area contributed by atoms with E-state index in [9.17, 15) is 4.79 Å². The highest BCUT2D eigenvalue weighted by Gasteiger charge is 2.04. The van der Waals surface area contributed by atoms with Gasteiger partial charge in [0.1, 0.15) is 0 Å². The van der Waals surface area contributed by atoms with Crippen LogP contribution in [-0.4, -0.2) is 32.8 Å². The molecule has 0 bridgehead atoms. The van der Waals surface area contributed by atoms with E-state index in [1.165, 1.54) is 0 Å². The van der Waals surface area contributed by atoms with Gasteiger partial charge in [0.25, 0.3) is 10.3 Å². The minimum Gasteiger partial charge on any atom is -0.487 e. The highest BCUT2D eigenvalue weighted by molar-refractivity contribution is 7.80. The summed E-state index contributed by atoms with van der Waals surface area (Å²) in [5.41, 5.74) is 10.1. The third kappa shape index (κ3) is 14.1. The molecule has 0 radical (unpaired) electrons. The summed E-state index contributed by atoms with van der Waals surface area (Å²) in [4.78, 5) is 15.1. The predicted octanol–water partition coefficient (Wildman–Crippen LogP) is 2.00. The topological polar surface area (TPSA) is 111 Å². The molecular weight excluding hydrogens is 334 g/mol. The number of hydrogen-bond donors (Lipinski definition) is 3. The lowest BCUT2D eigenvalue weighted by atomic mass is 10.1. The summed E-state index contributed by atoms with van der Waals surface area (Å²) >= 11 is 8.34. The van der Waals surface area contributed by atoms with Crippen molar-refractivity contribution in [1.29, 1.82) is 0 Å². The van der Waals surface area contributed by atoms with Gasteiger partial charge in [-0.1, -0.05) is 36.4 Å². The van der Waals surface area contributed by atoms with Crippen LogP contribution in [0.3, 0.4) is 0 Å². The molecule has 1 heterocycles. The number of carbonyl (C=O) groups is 1. The van der Waals surface area contributed by atoms with Crippen molar-refractivity contribution in [2.24, 2.45) is 11.5 Å². The van der Waals surface area contributed by atoms with Crippen molar-refractivity contribution >= 4 is 40.6 Å². The molecule has 1 aromatic heterocycles. The van der Waals surface area contributed by atoms with E-state index in [2.05, 4.69) is 35.2 Å². The monoisotopic (exact) mass is 351 g/mol. The van der Waals surface area contributed by atoms with Crippen molar-refractivity contribution in [2.45, 2.75) is 0 Å². The summed E-state index contributed by atoms with van der Waals surface area (Å²) in [6.07, 6.45) is 3.50. The van der Waals surface area contributed by atoms with Gasteiger partial charge in [-0.3, -0.25) is 9.78 Å². The van der Waals surface area contributed by atoms with Crippen LogP contribution in [0.4, 0.5) is 0 Å². The smallest absolute Gasteiger partial charge is 0.254 e. The maximum Gasteiger partial charge on any atom is 0.254 e. The zero-order valence-electron chi connectivity index (χ0n) is 12.2. The van der Waals surface area contributed by atoms with E-state index >= 15 is 0 Å². The normalized spacial score (nSPS) is 8.35. The number of nitrogens with two attached hydrogens (primary N) is 2. The first-order valence-corrected chi connectivity index (χ1v) is 7.09. The molecule has 0 atom stereocenters. The van der Waals surface area contributed by atoms with E-state index in [-0.39, 0.29) is 17.6 Å². The molecule has 0 aliphatic rings. The van der Waals surface area contributed by atoms with Gasteiger partial charge in [0, 0.05) is 18.0 Å². The van der Waals surface area contributed by atoms with Gasteiger partial charge in [-0.25, -0.2) is 0 Å². The second-order valence-corrected chi connectivity index (χ2v) is 4.58. The lowest BCUT2D eigenvalue weighted by molar-refractivity contribution is 0.0915. The zero-order valence-corrected chi connectivity index (χ0v) is 13.8. The van der Waals surface area contributed by atoms with Gasteiger partial charge >= 0.3 is 0 Å². The van der Waals surface area contributed by atoms with Gasteiger partial charge in [0.15, 0.2) is 12.4 Å². The van der Waals surface area contributed by atoms with E-state index in [4.69, 9.17) is 15.6 Å².